The molecule has 0 aromatic rings. The number of hydrogen-bond donors (Lipinski definition) is 3. The maximum absolute atomic E-state index is 9.40. The van der Waals surface area contributed by atoms with Gasteiger partial charge in [0.2, 0.25) is 0 Å². The molecule has 0 saturated heterocycles. The summed E-state index contributed by atoms with van der Waals surface area (Å²) in [5.41, 5.74) is 5.55. The Morgan fingerprint density at radius 1 is 1.33 bits per heavy atom. The van der Waals surface area contributed by atoms with Crippen LogP contribution in [0.5, 0.6) is 0 Å². The van der Waals surface area contributed by atoms with Crippen LogP contribution in [0.3, 0.4) is 0 Å². The third-order valence-electron chi connectivity index (χ3n) is 4.09. The van der Waals surface area contributed by atoms with E-state index < -0.39 is 0 Å². The summed E-state index contributed by atoms with van der Waals surface area (Å²) in [5.74, 6) is 1.12. The normalized spacial score (nSPS) is 26.2. The van der Waals surface area contributed by atoms with Crippen molar-refractivity contribution in [2.24, 2.45) is 17.6 Å². The molecule has 0 aromatic carbocycles. The van der Waals surface area contributed by atoms with Gasteiger partial charge in [-0.05, 0) is 50.6 Å². The van der Waals surface area contributed by atoms with Gasteiger partial charge in [0, 0.05) is 19.8 Å². The Hall–Kier alpha value is -0.160. The number of rotatable bonds is 9. The molecule has 18 heavy (non-hydrogen) atoms. The van der Waals surface area contributed by atoms with Gasteiger partial charge >= 0.3 is 0 Å². The zero-order chi connectivity index (χ0) is 13.2. The first-order chi connectivity index (χ1) is 8.81. The lowest BCUT2D eigenvalue weighted by molar-refractivity contribution is 0.119. The van der Waals surface area contributed by atoms with E-state index in [0.29, 0.717) is 24.5 Å². The average Bonchev–Trinajstić information content (AvgIpc) is 2.42. The first-order valence-electron chi connectivity index (χ1n) is 7.35. The zero-order valence-electron chi connectivity index (χ0n) is 11.7. The summed E-state index contributed by atoms with van der Waals surface area (Å²) < 4.78 is 5.24. The summed E-state index contributed by atoms with van der Waals surface area (Å²) in [6.07, 6.45) is 7.11. The molecular formula is C14H30N2O2. The fourth-order valence-corrected chi connectivity index (χ4v) is 2.92. The third kappa shape index (κ3) is 5.65. The number of nitrogens with two attached hydrogens (primary N) is 1. The lowest BCUT2D eigenvalue weighted by Crippen LogP contribution is -2.40. The van der Waals surface area contributed by atoms with Crippen LogP contribution in [0.2, 0.25) is 0 Å². The van der Waals surface area contributed by atoms with E-state index in [4.69, 9.17) is 10.5 Å². The highest BCUT2D eigenvalue weighted by Crippen LogP contribution is 2.29. The zero-order valence-corrected chi connectivity index (χ0v) is 11.7. The smallest absolute Gasteiger partial charge is 0.0615 e. The van der Waals surface area contributed by atoms with Crippen LogP contribution < -0.4 is 11.1 Å². The van der Waals surface area contributed by atoms with Crippen LogP contribution in [-0.4, -0.2) is 44.6 Å². The molecule has 0 heterocycles. The van der Waals surface area contributed by atoms with E-state index in [0.717, 1.165) is 32.5 Å². The number of aliphatic hydroxyl groups is 1. The van der Waals surface area contributed by atoms with Gasteiger partial charge in [-0.25, -0.2) is 0 Å². The highest BCUT2D eigenvalue weighted by molar-refractivity contribution is 4.78. The third-order valence-corrected chi connectivity index (χ3v) is 4.09. The van der Waals surface area contributed by atoms with Gasteiger partial charge in [-0.2, -0.15) is 0 Å². The lowest BCUT2D eigenvalue weighted by atomic mass is 9.79. The van der Waals surface area contributed by atoms with Crippen molar-refractivity contribution in [2.75, 3.05) is 33.4 Å². The van der Waals surface area contributed by atoms with Gasteiger partial charge in [0.1, 0.15) is 0 Å². The molecule has 0 radical (unpaired) electrons. The summed E-state index contributed by atoms with van der Waals surface area (Å²) in [4.78, 5) is 0. The molecule has 4 nitrogen and oxygen atoms in total. The van der Waals surface area contributed by atoms with Gasteiger partial charge in [-0.15, -0.1) is 0 Å². The highest BCUT2D eigenvalue weighted by atomic mass is 16.5. The Kier molecular flexibility index (Phi) is 8.59. The van der Waals surface area contributed by atoms with Crippen molar-refractivity contribution in [3.63, 3.8) is 0 Å². The first kappa shape index (κ1) is 15.9. The fourth-order valence-electron chi connectivity index (χ4n) is 2.92. The van der Waals surface area contributed by atoms with Crippen LogP contribution in [-0.2, 0) is 4.74 Å². The van der Waals surface area contributed by atoms with Crippen molar-refractivity contribution >= 4 is 0 Å². The summed E-state index contributed by atoms with van der Waals surface area (Å²) in [7, 11) is 1.74. The average molecular weight is 258 g/mol. The predicted octanol–water partition coefficient (Wildman–Crippen LogP) is 1.13. The second-order valence-corrected chi connectivity index (χ2v) is 5.48. The molecule has 0 aliphatic heterocycles. The minimum Gasteiger partial charge on any atom is -0.396 e. The largest absolute Gasteiger partial charge is 0.396 e. The molecule has 1 fully saturated rings. The molecule has 0 aromatic heterocycles. The first-order valence-corrected chi connectivity index (χ1v) is 7.35. The summed E-state index contributed by atoms with van der Waals surface area (Å²) in [5, 5.41) is 13.0. The van der Waals surface area contributed by atoms with Gasteiger partial charge in [0.15, 0.2) is 0 Å². The molecule has 108 valence electrons. The second-order valence-electron chi connectivity index (χ2n) is 5.48. The van der Waals surface area contributed by atoms with Crippen LogP contribution in [0.1, 0.15) is 38.5 Å². The summed E-state index contributed by atoms with van der Waals surface area (Å²) in [6, 6.07) is 0.403. The molecule has 1 rings (SSSR count). The van der Waals surface area contributed by atoms with Crippen molar-refractivity contribution in [2.45, 2.75) is 44.6 Å². The quantitative estimate of drug-likeness (QED) is 0.580. The summed E-state index contributed by atoms with van der Waals surface area (Å²) >= 11 is 0. The van der Waals surface area contributed by atoms with Crippen LogP contribution in [0.25, 0.3) is 0 Å². The molecule has 0 amide bonds. The summed E-state index contributed by atoms with van der Waals surface area (Å²) in [6.45, 7) is 2.83. The predicted molar refractivity (Wildman–Crippen MR) is 74.5 cm³/mol. The van der Waals surface area contributed by atoms with Crippen molar-refractivity contribution in [1.29, 1.82) is 0 Å². The minimum atomic E-state index is 0.337. The second kappa shape index (κ2) is 9.73. The molecule has 3 unspecified atom stereocenters. The molecule has 0 spiro atoms. The number of aliphatic hydroxyl groups excluding tert-OH is 1. The molecular weight excluding hydrogens is 228 g/mol. The van der Waals surface area contributed by atoms with Gasteiger partial charge < -0.3 is 20.9 Å². The van der Waals surface area contributed by atoms with Crippen LogP contribution >= 0.6 is 0 Å². The van der Waals surface area contributed by atoms with Gasteiger partial charge in [-0.1, -0.05) is 12.8 Å². The van der Waals surface area contributed by atoms with Crippen molar-refractivity contribution < 1.29 is 9.84 Å². The van der Waals surface area contributed by atoms with Gasteiger partial charge in [0.25, 0.3) is 0 Å². The maximum Gasteiger partial charge on any atom is 0.0615 e. The van der Waals surface area contributed by atoms with Gasteiger partial charge in [-0.3, -0.25) is 0 Å². The van der Waals surface area contributed by atoms with Crippen LogP contribution in [0.15, 0.2) is 0 Å². The SMILES string of the molecule is COCC(CCCN)NCC1CCCCC1CO. The standard InChI is InChI=1S/C14H30N2O2/c1-18-11-14(7-4-8-15)16-9-12-5-2-3-6-13(12)10-17/h12-14,16-17H,2-11,15H2,1H3. The van der Waals surface area contributed by atoms with Crippen LogP contribution in [0.4, 0.5) is 0 Å². The van der Waals surface area contributed by atoms with E-state index in [-0.39, 0.29) is 0 Å². The molecule has 1 aliphatic carbocycles. The number of ether oxygens (including phenoxy) is 1. The molecule has 3 atom stereocenters. The molecule has 1 aliphatic rings. The Morgan fingerprint density at radius 3 is 2.67 bits per heavy atom. The molecule has 4 N–H and O–H groups in total. The van der Waals surface area contributed by atoms with E-state index in [1.807, 2.05) is 0 Å². The van der Waals surface area contributed by atoms with E-state index in [9.17, 15) is 5.11 Å². The Bertz CT molecular complexity index is 202. The van der Waals surface area contributed by atoms with E-state index in [1.54, 1.807) is 7.11 Å². The Balaban J connectivity index is 2.29. The monoisotopic (exact) mass is 258 g/mol. The lowest BCUT2D eigenvalue weighted by Gasteiger charge is -2.31. The van der Waals surface area contributed by atoms with Crippen molar-refractivity contribution in [3.05, 3.63) is 0 Å². The van der Waals surface area contributed by atoms with Crippen LogP contribution in [0, 0.1) is 11.8 Å². The van der Waals surface area contributed by atoms with E-state index in [2.05, 4.69) is 5.32 Å². The van der Waals surface area contributed by atoms with E-state index >= 15 is 0 Å². The van der Waals surface area contributed by atoms with Crippen molar-refractivity contribution in [1.82, 2.24) is 5.32 Å². The minimum absolute atomic E-state index is 0.337. The number of nitrogens with one attached hydrogen (secondary N) is 1. The maximum atomic E-state index is 9.40. The Labute approximate surface area is 111 Å². The Morgan fingerprint density at radius 2 is 2.06 bits per heavy atom. The van der Waals surface area contributed by atoms with Gasteiger partial charge in [0.05, 0.1) is 6.61 Å². The molecule has 4 heteroatoms. The molecule has 0 bridgehead atoms. The fraction of sp³-hybridized carbons (Fsp3) is 1.00. The van der Waals surface area contributed by atoms with E-state index in [1.165, 1.54) is 25.7 Å². The highest BCUT2D eigenvalue weighted by Gasteiger charge is 2.24. The number of methoxy groups -OCH3 is 1. The number of hydrogen-bond acceptors (Lipinski definition) is 4. The van der Waals surface area contributed by atoms with Crippen molar-refractivity contribution in [3.8, 4) is 0 Å². The topological polar surface area (TPSA) is 67.5 Å². The molecule has 1 saturated carbocycles.